The van der Waals surface area contributed by atoms with Crippen LogP contribution < -0.4 is 0 Å². The van der Waals surface area contributed by atoms with Gasteiger partial charge in [-0.15, -0.1) is 0 Å². The lowest BCUT2D eigenvalue weighted by atomic mass is 10.0. The molecule has 0 bridgehead atoms. The summed E-state index contributed by atoms with van der Waals surface area (Å²) >= 11 is 12.2. The van der Waals surface area contributed by atoms with Gasteiger partial charge in [0.05, 0.1) is 10.5 Å². The maximum absolute atomic E-state index is 13.2. The van der Waals surface area contributed by atoms with Crippen LogP contribution in [0.5, 0.6) is 0 Å². The van der Waals surface area contributed by atoms with Crippen LogP contribution in [0.4, 0.5) is 0 Å². The molecule has 1 aliphatic rings. The van der Waals surface area contributed by atoms with Crippen LogP contribution in [0.3, 0.4) is 0 Å². The zero-order valence-corrected chi connectivity index (χ0v) is 18.8. The molecule has 0 radical (unpaired) electrons. The molecule has 0 unspecified atom stereocenters. The molecule has 0 amide bonds. The number of sulfonamides is 1. The standard InChI is InChI=1S/C23H19Cl2NO4S/c24-21-9-4-10-22(25)20(21)15-30-23(27)17-7-3-8-19(13-17)31(28,29)26-12-11-16-5-1-2-6-18(16)14-26/h1-10,13H,11-12,14-15H2. The number of halogens is 2. The van der Waals surface area contributed by atoms with Crippen LogP contribution in [-0.4, -0.2) is 25.2 Å². The van der Waals surface area contributed by atoms with Crippen LogP contribution in [0.2, 0.25) is 10.0 Å². The maximum atomic E-state index is 13.2. The molecule has 8 heteroatoms. The van der Waals surface area contributed by atoms with Gasteiger partial charge in [-0.3, -0.25) is 0 Å². The molecular weight excluding hydrogens is 457 g/mol. The van der Waals surface area contributed by atoms with Crippen molar-refractivity contribution in [3.05, 3.63) is 99.0 Å². The Bertz CT molecular complexity index is 1220. The van der Waals surface area contributed by atoms with Crippen LogP contribution in [-0.2, 0) is 34.3 Å². The molecule has 1 aliphatic heterocycles. The number of fused-ring (bicyclic) bond motifs is 1. The topological polar surface area (TPSA) is 63.7 Å². The van der Waals surface area contributed by atoms with Crippen LogP contribution in [0, 0.1) is 0 Å². The fourth-order valence-corrected chi connectivity index (χ4v) is 5.47. The highest BCUT2D eigenvalue weighted by Gasteiger charge is 2.28. The molecule has 160 valence electrons. The molecular formula is C23H19Cl2NO4S. The van der Waals surface area contributed by atoms with E-state index < -0.39 is 16.0 Å². The Kier molecular flexibility index (Phi) is 6.34. The third-order valence-electron chi connectivity index (χ3n) is 5.21. The van der Waals surface area contributed by atoms with Gasteiger partial charge in [-0.25, -0.2) is 13.2 Å². The molecule has 0 aromatic heterocycles. The smallest absolute Gasteiger partial charge is 0.338 e. The molecule has 0 atom stereocenters. The number of esters is 1. The minimum atomic E-state index is -3.76. The van der Waals surface area contributed by atoms with Gasteiger partial charge in [0.15, 0.2) is 0 Å². The molecule has 4 rings (SSSR count). The second-order valence-electron chi connectivity index (χ2n) is 7.16. The molecule has 0 N–H and O–H groups in total. The lowest BCUT2D eigenvalue weighted by Gasteiger charge is -2.28. The van der Waals surface area contributed by atoms with Gasteiger partial charge in [-0.2, -0.15) is 4.31 Å². The van der Waals surface area contributed by atoms with Crippen LogP contribution in [0.25, 0.3) is 0 Å². The summed E-state index contributed by atoms with van der Waals surface area (Å²) in [5.41, 5.74) is 2.78. The van der Waals surface area contributed by atoms with Crippen molar-refractivity contribution in [2.75, 3.05) is 6.54 Å². The summed E-state index contributed by atoms with van der Waals surface area (Å²) in [5.74, 6) is -0.656. The Hall–Kier alpha value is -2.38. The van der Waals surface area contributed by atoms with Crippen molar-refractivity contribution in [2.45, 2.75) is 24.5 Å². The van der Waals surface area contributed by atoms with Crippen molar-refractivity contribution in [2.24, 2.45) is 0 Å². The van der Waals surface area contributed by atoms with E-state index in [1.807, 2.05) is 24.3 Å². The van der Waals surface area contributed by atoms with E-state index in [9.17, 15) is 13.2 Å². The summed E-state index contributed by atoms with van der Waals surface area (Å²) in [6, 6.07) is 18.7. The summed E-state index contributed by atoms with van der Waals surface area (Å²) in [5, 5.41) is 0.781. The lowest BCUT2D eigenvalue weighted by Crippen LogP contribution is -2.36. The Morgan fingerprint density at radius 1 is 0.935 bits per heavy atom. The van der Waals surface area contributed by atoms with Crippen LogP contribution >= 0.6 is 23.2 Å². The largest absolute Gasteiger partial charge is 0.457 e. The minimum Gasteiger partial charge on any atom is -0.457 e. The van der Waals surface area contributed by atoms with Crippen molar-refractivity contribution in [3.63, 3.8) is 0 Å². The highest BCUT2D eigenvalue weighted by atomic mass is 35.5. The Morgan fingerprint density at radius 2 is 1.61 bits per heavy atom. The molecule has 3 aromatic carbocycles. The van der Waals surface area contributed by atoms with Crippen molar-refractivity contribution >= 4 is 39.2 Å². The molecule has 0 fully saturated rings. The molecule has 0 spiro atoms. The zero-order chi connectivity index (χ0) is 22.0. The molecule has 0 saturated heterocycles. The molecule has 5 nitrogen and oxygen atoms in total. The highest BCUT2D eigenvalue weighted by Crippen LogP contribution is 2.27. The van der Waals surface area contributed by atoms with Gasteiger partial charge in [0.25, 0.3) is 0 Å². The Balaban J connectivity index is 1.52. The van der Waals surface area contributed by atoms with Gasteiger partial charge < -0.3 is 4.74 Å². The van der Waals surface area contributed by atoms with Crippen LogP contribution in [0.15, 0.2) is 71.6 Å². The van der Waals surface area contributed by atoms with E-state index in [0.717, 1.165) is 11.1 Å². The Labute approximate surface area is 191 Å². The summed E-state index contributed by atoms with van der Waals surface area (Å²) < 4.78 is 33.1. The van der Waals surface area contributed by atoms with E-state index >= 15 is 0 Å². The first-order valence-corrected chi connectivity index (χ1v) is 11.8. The summed E-state index contributed by atoms with van der Waals surface area (Å²) in [6.45, 7) is 0.578. The molecule has 0 saturated carbocycles. The van der Waals surface area contributed by atoms with Gasteiger partial charge >= 0.3 is 5.97 Å². The van der Waals surface area contributed by atoms with Gasteiger partial charge in [0.2, 0.25) is 10.0 Å². The second-order valence-corrected chi connectivity index (χ2v) is 9.91. The molecule has 0 aliphatic carbocycles. The van der Waals surface area contributed by atoms with E-state index in [2.05, 4.69) is 0 Å². The predicted molar refractivity (Wildman–Crippen MR) is 120 cm³/mol. The third-order valence-corrected chi connectivity index (χ3v) is 7.76. The number of nitrogens with zero attached hydrogens (tertiary/aromatic N) is 1. The number of carbonyl (C=O) groups is 1. The van der Waals surface area contributed by atoms with E-state index in [1.165, 1.54) is 28.6 Å². The van der Waals surface area contributed by atoms with E-state index in [1.54, 1.807) is 18.2 Å². The van der Waals surface area contributed by atoms with E-state index in [-0.39, 0.29) is 17.1 Å². The number of hydrogen-bond donors (Lipinski definition) is 0. The average Bonchev–Trinajstić information content (AvgIpc) is 2.78. The lowest BCUT2D eigenvalue weighted by molar-refractivity contribution is 0.0472. The van der Waals surface area contributed by atoms with Crippen LogP contribution in [0.1, 0.15) is 27.0 Å². The summed E-state index contributed by atoms with van der Waals surface area (Å²) in [4.78, 5) is 12.6. The highest BCUT2D eigenvalue weighted by molar-refractivity contribution is 7.89. The average molecular weight is 476 g/mol. The quantitative estimate of drug-likeness (QED) is 0.481. The van der Waals surface area contributed by atoms with Gasteiger partial charge in [0, 0.05) is 28.7 Å². The Morgan fingerprint density at radius 3 is 2.35 bits per heavy atom. The predicted octanol–water partition coefficient (Wildman–Crippen LogP) is 5.10. The fraction of sp³-hybridized carbons (Fsp3) is 0.174. The van der Waals surface area contributed by atoms with E-state index in [0.29, 0.717) is 35.1 Å². The van der Waals surface area contributed by atoms with Crippen molar-refractivity contribution in [1.29, 1.82) is 0 Å². The van der Waals surface area contributed by atoms with Crippen molar-refractivity contribution in [3.8, 4) is 0 Å². The maximum Gasteiger partial charge on any atom is 0.338 e. The van der Waals surface area contributed by atoms with E-state index in [4.69, 9.17) is 27.9 Å². The number of ether oxygens (including phenoxy) is 1. The van der Waals surface area contributed by atoms with Crippen molar-refractivity contribution < 1.29 is 17.9 Å². The first-order valence-electron chi connectivity index (χ1n) is 9.63. The van der Waals surface area contributed by atoms with Gasteiger partial charge in [0.1, 0.15) is 6.61 Å². The third kappa shape index (κ3) is 4.62. The fourth-order valence-electron chi connectivity index (χ4n) is 3.50. The number of hydrogen-bond acceptors (Lipinski definition) is 4. The molecule has 3 aromatic rings. The molecule has 1 heterocycles. The number of benzene rings is 3. The van der Waals surface area contributed by atoms with Crippen molar-refractivity contribution in [1.82, 2.24) is 4.31 Å². The van der Waals surface area contributed by atoms with Gasteiger partial charge in [-0.1, -0.05) is 59.6 Å². The number of carbonyl (C=O) groups excluding carboxylic acids is 1. The SMILES string of the molecule is O=C(OCc1c(Cl)cccc1Cl)c1cccc(S(=O)(=O)N2CCc3ccccc3C2)c1. The summed E-state index contributed by atoms with van der Waals surface area (Å²) in [7, 11) is -3.76. The van der Waals surface area contributed by atoms with Gasteiger partial charge in [-0.05, 0) is 47.9 Å². The zero-order valence-electron chi connectivity index (χ0n) is 16.4. The first kappa shape index (κ1) is 21.8. The summed E-state index contributed by atoms with van der Waals surface area (Å²) in [6.07, 6.45) is 0.649. The molecule has 31 heavy (non-hydrogen) atoms. The second kappa shape index (κ2) is 9.01. The normalized spacial score (nSPS) is 14.1. The monoisotopic (exact) mass is 475 g/mol. The minimum absolute atomic E-state index is 0.0529. The first-order chi connectivity index (χ1) is 14.9. The number of rotatable bonds is 5.